The predicted molar refractivity (Wildman–Crippen MR) is 166 cm³/mol. The first-order valence-electron chi connectivity index (χ1n) is 14.2. The molecule has 9 heteroatoms. The number of quaternary nitrogens is 1. The summed E-state index contributed by atoms with van der Waals surface area (Å²) in [7, 11) is 6.22. The van der Waals surface area contributed by atoms with Crippen molar-refractivity contribution in [3.63, 3.8) is 0 Å². The molecule has 42 heavy (non-hydrogen) atoms. The van der Waals surface area contributed by atoms with Gasteiger partial charge >= 0.3 is 5.97 Å². The van der Waals surface area contributed by atoms with Gasteiger partial charge in [0.1, 0.15) is 11.5 Å². The van der Waals surface area contributed by atoms with Gasteiger partial charge in [0.25, 0.3) is 5.91 Å². The zero-order valence-corrected chi connectivity index (χ0v) is 28.3. The van der Waals surface area contributed by atoms with E-state index in [-0.39, 0.29) is 51.5 Å². The number of halogens is 3. The van der Waals surface area contributed by atoms with Crippen LogP contribution in [0.2, 0.25) is 10.0 Å². The van der Waals surface area contributed by atoms with Gasteiger partial charge in [0.05, 0.1) is 43.4 Å². The molecule has 0 bridgehead atoms. The van der Waals surface area contributed by atoms with Gasteiger partial charge in [-0.1, -0.05) is 85.3 Å². The number of hydrogen-bond acceptors (Lipinski definition) is 4. The second-order valence-corrected chi connectivity index (χ2v) is 11.9. The van der Waals surface area contributed by atoms with Gasteiger partial charge in [-0.2, -0.15) is 0 Å². The van der Waals surface area contributed by atoms with Crippen molar-refractivity contribution in [1.82, 2.24) is 5.32 Å². The normalized spacial score (nSPS) is 11.7. The van der Waals surface area contributed by atoms with E-state index in [0.29, 0.717) is 23.4 Å². The highest BCUT2D eigenvalue weighted by Crippen LogP contribution is 2.26. The first kappa shape index (κ1) is 35.9. The van der Waals surface area contributed by atoms with E-state index < -0.39 is 5.97 Å². The number of rotatable bonds is 16. The molecule has 0 radical (unpaired) electrons. The zero-order chi connectivity index (χ0) is 29.7. The Hall–Kier alpha value is -2.33. The Bertz CT molecular complexity index is 1230. The summed E-state index contributed by atoms with van der Waals surface area (Å²) in [6, 6.07) is 21.9. The van der Waals surface area contributed by atoms with E-state index in [1.807, 2.05) is 18.2 Å². The van der Waals surface area contributed by atoms with Gasteiger partial charge in [0.15, 0.2) is 6.04 Å². The molecular weight excluding hydrogens is 686 g/mol. The smallest absolute Gasteiger partial charge is 0.346 e. The maximum Gasteiger partial charge on any atom is 0.346 e. The van der Waals surface area contributed by atoms with E-state index in [1.165, 1.54) is 5.56 Å². The Labute approximate surface area is 277 Å². The second kappa shape index (κ2) is 18.4. The van der Waals surface area contributed by atoms with Crippen molar-refractivity contribution < 1.29 is 47.5 Å². The Balaban J connectivity index is 0.00000616. The Morgan fingerprint density at radius 2 is 1.33 bits per heavy atom. The first-order chi connectivity index (χ1) is 19.6. The summed E-state index contributed by atoms with van der Waals surface area (Å²) >= 11 is 12.2. The summed E-state index contributed by atoms with van der Waals surface area (Å²) in [4.78, 5) is 25.3. The van der Waals surface area contributed by atoms with Crippen LogP contribution in [0.1, 0.15) is 54.4 Å². The standard InChI is InChI=1S/C33H40Cl2N2O4.HI/c1-37(2,3)30(24-25-14-9-8-10-15-25)32(38)36-22-11-6-4-5-7-12-23-40-26-18-20-27(21-19-26)41-33(39)31-28(34)16-13-17-29(31)35;/h8-10,13-21,30H,4-7,11-12,22-24H2,1-3H3;1H. The minimum atomic E-state index is -0.604. The monoisotopic (exact) mass is 726 g/mol. The van der Waals surface area contributed by atoms with Crippen molar-refractivity contribution in [2.75, 3.05) is 34.3 Å². The van der Waals surface area contributed by atoms with Crippen LogP contribution in [0.25, 0.3) is 0 Å². The third-order valence-electron chi connectivity index (χ3n) is 6.85. The highest BCUT2D eigenvalue weighted by molar-refractivity contribution is 6.39. The third-order valence-corrected chi connectivity index (χ3v) is 7.48. The van der Waals surface area contributed by atoms with Crippen LogP contribution < -0.4 is 38.8 Å². The molecule has 228 valence electrons. The Kier molecular flexibility index (Phi) is 15.7. The molecule has 1 unspecified atom stereocenters. The summed E-state index contributed by atoms with van der Waals surface area (Å²) in [5.74, 6) is 0.622. The molecule has 0 aromatic heterocycles. The molecule has 1 atom stereocenters. The molecule has 0 saturated heterocycles. The summed E-state index contributed by atoms with van der Waals surface area (Å²) in [6.07, 6.45) is 7.12. The van der Waals surface area contributed by atoms with Gasteiger partial charge in [-0.15, -0.1) is 0 Å². The van der Waals surface area contributed by atoms with Crippen LogP contribution in [0.3, 0.4) is 0 Å². The summed E-state index contributed by atoms with van der Waals surface area (Å²) in [5, 5.41) is 3.65. The lowest BCUT2D eigenvalue weighted by Crippen LogP contribution is -3.00. The molecule has 0 aliphatic heterocycles. The lowest BCUT2D eigenvalue weighted by atomic mass is 10.0. The van der Waals surface area contributed by atoms with Gasteiger partial charge in [0.2, 0.25) is 0 Å². The van der Waals surface area contributed by atoms with Gasteiger partial charge in [-0.05, 0) is 54.8 Å². The number of carbonyl (C=O) groups is 2. The quantitative estimate of drug-likeness (QED) is 0.0784. The van der Waals surface area contributed by atoms with Gasteiger partial charge in [0, 0.05) is 13.0 Å². The lowest BCUT2D eigenvalue weighted by molar-refractivity contribution is -0.886. The van der Waals surface area contributed by atoms with Crippen LogP contribution in [0.4, 0.5) is 0 Å². The Morgan fingerprint density at radius 3 is 1.95 bits per heavy atom. The molecule has 3 rings (SSSR count). The minimum Gasteiger partial charge on any atom is -1.00 e. The van der Waals surface area contributed by atoms with E-state index >= 15 is 0 Å². The molecule has 0 fully saturated rings. The number of nitrogens with one attached hydrogen (secondary N) is 1. The number of unbranched alkanes of at least 4 members (excludes halogenated alkanes) is 5. The molecule has 0 heterocycles. The molecule has 0 aliphatic rings. The molecule has 3 aromatic rings. The average Bonchev–Trinajstić information content (AvgIpc) is 2.93. The summed E-state index contributed by atoms with van der Waals surface area (Å²) in [6.45, 7) is 1.34. The number of esters is 1. The topological polar surface area (TPSA) is 64.6 Å². The fraction of sp³-hybridized carbons (Fsp3) is 0.394. The largest absolute Gasteiger partial charge is 1.00 e. The van der Waals surface area contributed by atoms with E-state index in [9.17, 15) is 9.59 Å². The van der Waals surface area contributed by atoms with Crippen LogP contribution in [-0.2, 0) is 11.2 Å². The van der Waals surface area contributed by atoms with E-state index in [0.717, 1.165) is 50.7 Å². The summed E-state index contributed by atoms with van der Waals surface area (Å²) < 4.78 is 11.8. The molecule has 0 spiro atoms. The maximum atomic E-state index is 12.9. The molecule has 1 N–H and O–H groups in total. The summed E-state index contributed by atoms with van der Waals surface area (Å²) in [5.41, 5.74) is 1.33. The number of carbonyl (C=O) groups excluding carboxylic acids is 2. The predicted octanol–water partition coefficient (Wildman–Crippen LogP) is 4.37. The van der Waals surface area contributed by atoms with Crippen LogP contribution in [-0.4, -0.2) is 56.7 Å². The maximum absolute atomic E-state index is 12.9. The first-order valence-corrected chi connectivity index (χ1v) is 14.9. The minimum absolute atomic E-state index is 0. The van der Waals surface area contributed by atoms with Crippen molar-refractivity contribution in [3.05, 3.63) is 94.0 Å². The SMILES string of the molecule is C[N+](C)(C)C(Cc1ccccc1)C(=O)NCCCCCCCCOc1ccc(OC(=O)c2c(Cl)cccc2Cl)cc1.[I-]. The number of nitrogens with zero attached hydrogens (tertiary/aromatic N) is 1. The van der Waals surface area contributed by atoms with Crippen molar-refractivity contribution >= 4 is 35.1 Å². The third kappa shape index (κ3) is 12.1. The van der Waals surface area contributed by atoms with Crippen LogP contribution in [0.5, 0.6) is 11.5 Å². The van der Waals surface area contributed by atoms with E-state index in [1.54, 1.807) is 42.5 Å². The van der Waals surface area contributed by atoms with Crippen LogP contribution in [0, 0.1) is 0 Å². The lowest BCUT2D eigenvalue weighted by Gasteiger charge is -2.33. The van der Waals surface area contributed by atoms with Crippen LogP contribution >= 0.6 is 23.2 Å². The van der Waals surface area contributed by atoms with E-state index in [2.05, 4.69) is 38.6 Å². The fourth-order valence-electron chi connectivity index (χ4n) is 4.46. The fourth-order valence-corrected chi connectivity index (χ4v) is 5.02. The van der Waals surface area contributed by atoms with Crippen molar-refractivity contribution in [1.29, 1.82) is 0 Å². The van der Waals surface area contributed by atoms with E-state index in [4.69, 9.17) is 32.7 Å². The molecular formula is C33H41Cl2IN2O4. The average molecular weight is 728 g/mol. The number of likely N-dealkylation sites (N-methyl/N-ethyl adjacent to an activating group) is 1. The van der Waals surface area contributed by atoms with Gasteiger partial charge in [-0.3, -0.25) is 4.79 Å². The second-order valence-electron chi connectivity index (χ2n) is 11.0. The van der Waals surface area contributed by atoms with Crippen molar-refractivity contribution in [2.45, 2.75) is 51.0 Å². The van der Waals surface area contributed by atoms with Gasteiger partial charge < -0.3 is 43.3 Å². The van der Waals surface area contributed by atoms with Crippen LogP contribution in [0.15, 0.2) is 72.8 Å². The zero-order valence-electron chi connectivity index (χ0n) is 24.6. The van der Waals surface area contributed by atoms with Crippen molar-refractivity contribution in [3.8, 4) is 11.5 Å². The van der Waals surface area contributed by atoms with Crippen molar-refractivity contribution in [2.24, 2.45) is 0 Å². The molecule has 1 amide bonds. The molecule has 0 aliphatic carbocycles. The molecule has 0 saturated carbocycles. The highest BCUT2D eigenvalue weighted by atomic mass is 127. The highest BCUT2D eigenvalue weighted by Gasteiger charge is 2.31. The number of amides is 1. The molecule has 6 nitrogen and oxygen atoms in total. The number of hydrogen-bond donors (Lipinski definition) is 1. The molecule has 3 aromatic carbocycles. The van der Waals surface area contributed by atoms with Gasteiger partial charge in [-0.25, -0.2) is 4.79 Å². The number of benzene rings is 3. The Morgan fingerprint density at radius 1 is 0.762 bits per heavy atom. The number of ether oxygens (including phenoxy) is 2.